The van der Waals surface area contributed by atoms with Gasteiger partial charge in [-0.05, 0) is 37.6 Å². The summed E-state index contributed by atoms with van der Waals surface area (Å²) in [4.78, 5) is 6.38. The van der Waals surface area contributed by atoms with Gasteiger partial charge in [-0.25, -0.2) is 0 Å². The first-order valence-electron chi connectivity index (χ1n) is 6.34. The summed E-state index contributed by atoms with van der Waals surface area (Å²) in [7, 11) is 0. The number of hydrogen-bond donors (Lipinski definition) is 2. The highest BCUT2D eigenvalue weighted by molar-refractivity contribution is 5.07. The van der Waals surface area contributed by atoms with Crippen LogP contribution in [0.2, 0.25) is 0 Å². The zero-order chi connectivity index (χ0) is 11.9. The van der Waals surface area contributed by atoms with E-state index in [0.717, 1.165) is 31.7 Å². The Morgan fingerprint density at radius 2 is 2.24 bits per heavy atom. The van der Waals surface area contributed by atoms with Gasteiger partial charge in [0.15, 0.2) is 0 Å². The second-order valence-corrected chi connectivity index (χ2v) is 4.65. The summed E-state index contributed by atoms with van der Waals surface area (Å²) in [5, 5.41) is 13.1. The van der Waals surface area contributed by atoms with Crippen LogP contribution in [0.4, 0.5) is 0 Å². The van der Waals surface area contributed by atoms with E-state index in [0.29, 0.717) is 6.54 Å². The summed E-state index contributed by atoms with van der Waals surface area (Å²) in [5.74, 6) is 0. The van der Waals surface area contributed by atoms with Gasteiger partial charge in [-0.15, -0.1) is 0 Å². The molecule has 0 radical (unpaired) electrons. The predicted octanol–water partition coefficient (Wildman–Crippen LogP) is 0.628. The van der Waals surface area contributed by atoms with E-state index in [1.807, 2.05) is 18.3 Å². The molecule has 1 atom stereocenters. The average molecular weight is 235 g/mol. The van der Waals surface area contributed by atoms with Crippen LogP contribution in [-0.4, -0.2) is 47.3 Å². The third-order valence-electron chi connectivity index (χ3n) is 3.10. The number of aliphatic hydroxyl groups is 1. The molecule has 1 saturated heterocycles. The second kappa shape index (κ2) is 6.69. The van der Waals surface area contributed by atoms with Gasteiger partial charge in [0.05, 0.1) is 6.10 Å². The van der Waals surface area contributed by atoms with Crippen molar-refractivity contribution in [3.8, 4) is 0 Å². The van der Waals surface area contributed by atoms with Crippen LogP contribution in [0.3, 0.4) is 0 Å². The first-order chi connectivity index (χ1) is 8.34. The van der Waals surface area contributed by atoms with E-state index in [1.165, 1.54) is 12.8 Å². The fourth-order valence-electron chi connectivity index (χ4n) is 2.21. The lowest BCUT2D eigenvalue weighted by Gasteiger charge is -2.19. The maximum Gasteiger partial charge on any atom is 0.0791 e. The number of likely N-dealkylation sites (tertiary alicyclic amines) is 1. The average Bonchev–Trinajstić information content (AvgIpc) is 2.83. The Labute approximate surface area is 103 Å². The van der Waals surface area contributed by atoms with Crippen LogP contribution in [0.1, 0.15) is 18.4 Å². The monoisotopic (exact) mass is 235 g/mol. The van der Waals surface area contributed by atoms with E-state index in [9.17, 15) is 5.11 Å². The highest BCUT2D eigenvalue weighted by Crippen LogP contribution is 2.07. The summed E-state index contributed by atoms with van der Waals surface area (Å²) in [6.07, 6.45) is 5.89. The van der Waals surface area contributed by atoms with Gasteiger partial charge in [-0.1, -0.05) is 6.07 Å². The molecule has 4 nitrogen and oxygen atoms in total. The number of hydrogen-bond acceptors (Lipinski definition) is 4. The number of pyridine rings is 1. The van der Waals surface area contributed by atoms with Crippen LogP contribution in [0.25, 0.3) is 0 Å². The van der Waals surface area contributed by atoms with E-state index in [4.69, 9.17) is 0 Å². The van der Waals surface area contributed by atoms with Gasteiger partial charge in [0, 0.05) is 32.0 Å². The van der Waals surface area contributed by atoms with E-state index in [2.05, 4.69) is 15.2 Å². The van der Waals surface area contributed by atoms with Crippen LogP contribution in [0.5, 0.6) is 0 Å². The molecule has 1 fully saturated rings. The second-order valence-electron chi connectivity index (χ2n) is 4.65. The van der Waals surface area contributed by atoms with Gasteiger partial charge in [-0.2, -0.15) is 0 Å². The molecule has 1 aliphatic rings. The minimum Gasteiger partial charge on any atom is -0.390 e. The number of aliphatic hydroxyl groups excluding tert-OH is 1. The molecule has 4 heteroatoms. The lowest BCUT2D eigenvalue weighted by atomic mass is 10.2. The van der Waals surface area contributed by atoms with E-state index in [1.54, 1.807) is 6.20 Å². The zero-order valence-electron chi connectivity index (χ0n) is 10.2. The Morgan fingerprint density at radius 1 is 1.41 bits per heavy atom. The van der Waals surface area contributed by atoms with Gasteiger partial charge >= 0.3 is 0 Å². The fraction of sp³-hybridized carbons (Fsp3) is 0.615. The molecule has 1 unspecified atom stereocenters. The maximum atomic E-state index is 9.87. The van der Waals surface area contributed by atoms with Crippen molar-refractivity contribution in [2.45, 2.75) is 25.5 Å². The largest absolute Gasteiger partial charge is 0.390 e. The quantitative estimate of drug-likeness (QED) is 0.759. The number of nitrogens with zero attached hydrogens (tertiary/aromatic N) is 2. The molecule has 0 aromatic carbocycles. The fourth-order valence-corrected chi connectivity index (χ4v) is 2.21. The van der Waals surface area contributed by atoms with Gasteiger partial charge in [0.25, 0.3) is 0 Å². The van der Waals surface area contributed by atoms with Crippen LogP contribution in [0.15, 0.2) is 24.5 Å². The minimum atomic E-state index is -0.273. The van der Waals surface area contributed by atoms with E-state index in [-0.39, 0.29) is 6.10 Å². The molecule has 1 aliphatic heterocycles. The topological polar surface area (TPSA) is 48.4 Å². The molecule has 0 amide bonds. The number of rotatable bonds is 6. The van der Waals surface area contributed by atoms with Crippen LogP contribution < -0.4 is 5.32 Å². The molecule has 0 aliphatic carbocycles. The molecule has 2 N–H and O–H groups in total. The third kappa shape index (κ3) is 4.42. The highest BCUT2D eigenvalue weighted by atomic mass is 16.3. The number of aromatic nitrogens is 1. The minimum absolute atomic E-state index is 0.273. The van der Waals surface area contributed by atoms with Crippen LogP contribution in [-0.2, 0) is 6.54 Å². The first-order valence-corrected chi connectivity index (χ1v) is 6.34. The molecule has 2 rings (SSSR count). The third-order valence-corrected chi connectivity index (χ3v) is 3.10. The number of nitrogens with one attached hydrogen (secondary N) is 1. The number of β-amino-alcohol motifs (C(OH)–C–C–N with tert-alkyl or cyclic N) is 1. The van der Waals surface area contributed by atoms with Gasteiger partial charge in [0.1, 0.15) is 0 Å². The Morgan fingerprint density at radius 3 is 2.94 bits per heavy atom. The molecule has 17 heavy (non-hydrogen) atoms. The summed E-state index contributed by atoms with van der Waals surface area (Å²) in [5.41, 5.74) is 1.15. The van der Waals surface area contributed by atoms with Crippen molar-refractivity contribution >= 4 is 0 Å². The lowest BCUT2D eigenvalue weighted by molar-refractivity contribution is 0.123. The van der Waals surface area contributed by atoms with Crippen molar-refractivity contribution in [2.75, 3.05) is 26.2 Å². The molecular weight excluding hydrogens is 214 g/mol. The Hall–Kier alpha value is -0.970. The Bertz CT molecular complexity index is 312. The van der Waals surface area contributed by atoms with Crippen molar-refractivity contribution < 1.29 is 5.11 Å². The lowest BCUT2D eigenvalue weighted by Crippen LogP contribution is -2.36. The highest BCUT2D eigenvalue weighted by Gasteiger charge is 2.15. The normalized spacial score (nSPS) is 18.4. The van der Waals surface area contributed by atoms with E-state index >= 15 is 0 Å². The SMILES string of the molecule is OC(CNCc1cccnc1)CN1CCCC1. The molecule has 1 aromatic heterocycles. The van der Waals surface area contributed by atoms with E-state index < -0.39 is 0 Å². The van der Waals surface area contributed by atoms with Gasteiger partial charge in [0.2, 0.25) is 0 Å². The van der Waals surface area contributed by atoms with Crippen molar-refractivity contribution in [2.24, 2.45) is 0 Å². The van der Waals surface area contributed by atoms with Gasteiger partial charge < -0.3 is 15.3 Å². The molecule has 0 bridgehead atoms. The first kappa shape index (κ1) is 12.5. The summed E-state index contributed by atoms with van der Waals surface area (Å²) in [6.45, 7) is 4.48. The zero-order valence-corrected chi connectivity index (χ0v) is 10.2. The summed E-state index contributed by atoms with van der Waals surface area (Å²) in [6, 6.07) is 3.96. The van der Waals surface area contributed by atoms with Crippen LogP contribution >= 0.6 is 0 Å². The predicted molar refractivity (Wildman–Crippen MR) is 67.6 cm³/mol. The van der Waals surface area contributed by atoms with Crippen molar-refractivity contribution in [1.29, 1.82) is 0 Å². The molecule has 1 aromatic rings. The molecule has 0 spiro atoms. The van der Waals surface area contributed by atoms with Crippen LogP contribution in [0, 0.1) is 0 Å². The maximum absolute atomic E-state index is 9.87. The summed E-state index contributed by atoms with van der Waals surface area (Å²) < 4.78 is 0. The van der Waals surface area contributed by atoms with Gasteiger partial charge in [-0.3, -0.25) is 4.98 Å². The van der Waals surface area contributed by atoms with Crippen molar-refractivity contribution in [3.05, 3.63) is 30.1 Å². The molecule has 0 saturated carbocycles. The Kier molecular flexibility index (Phi) is 4.91. The molecule has 2 heterocycles. The van der Waals surface area contributed by atoms with Crippen molar-refractivity contribution in [1.82, 2.24) is 15.2 Å². The Balaban J connectivity index is 1.61. The molecule has 94 valence electrons. The smallest absolute Gasteiger partial charge is 0.0791 e. The van der Waals surface area contributed by atoms with Crippen molar-refractivity contribution in [3.63, 3.8) is 0 Å². The summed E-state index contributed by atoms with van der Waals surface area (Å²) >= 11 is 0. The molecular formula is C13H21N3O. The standard InChI is InChI=1S/C13H21N3O/c17-13(11-16-6-1-2-7-16)10-15-9-12-4-3-5-14-8-12/h3-5,8,13,15,17H,1-2,6-7,9-11H2.